The molecule has 1 amide bonds. The van der Waals surface area contributed by atoms with Crippen molar-refractivity contribution in [1.29, 1.82) is 0 Å². The Bertz CT molecular complexity index is 688. The van der Waals surface area contributed by atoms with Gasteiger partial charge in [0.25, 0.3) is 0 Å². The Balaban J connectivity index is 1.89. The van der Waals surface area contributed by atoms with Crippen molar-refractivity contribution >= 4 is 6.09 Å². The monoisotopic (exact) mass is 371 g/mol. The quantitative estimate of drug-likeness (QED) is 0.708. The molecule has 0 spiro atoms. The van der Waals surface area contributed by atoms with E-state index >= 15 is 0 Å². The lowest BCUT2D eigenvalue weighted by molar-refractivity contribution is -0.138. The number of carbonyl (C=O) groups excluding carboxylic acids is 1. The molecule has 0 aliphatic carbocycles. The van der Waals surface area contributed by atoms with Gasteiger partial charge >= 0.3 is 12.3 Å². The molecule has 0 aromatic heterocycles. The zero-order chi connectivity index (χ0) is 19.1. The summed E-state index contributed by atoms with van der Waals surface area (Å²) in [6.07, 6.45) is -3.76. The van der Waals surface area contributed by atoms with Crippen molar-refractivity contribution < 1.29 is 27.4 Å². The van der Waals surface area contributed by atoms with Crippen LogP contribution in [0.1, 0.15) is 61.8 Å². The van der Waals surface area contributed by atoms with E-state index in [4.69, 9.17) is 9.47 Å². The Labute approximate surface area is 151 Å². The van der Waals surface area contributed by atoms with Crippen molar-refractivity contribution in [3.8, 4) is 0 Å². The van der Waals surface area contributed by atoms with E-state index in [-0.39, 0.29) is 19.0 Å². The molecule has 3 rings (SSSR count). The highest BCUT2D eigenvalue weighted by Gasteiger charge is 2.38. The number of hydrogen-bond acceptors (Lipinski definition) is 3. The molecule has 1 saturated heterocycles. The van der Waals surface area contributed by atoms with Crippen LogP contribution in [0, 0.1) is 0 Å². The molecular weight excluding hydrogens is 347 g/mol. The molecule has 0 N–H and O–H groups in total. The van der Waals surface area contributed by atoms with E-state index < -0.39 is 23.4 Å². The molecule has 2 aliphatic rings. The third-order valence-corrected chi connectivity index (χ3v) is 4.71. The number of hydrogen-bond donors (Lipinski definition) is 0. The lowest BCUT2D eigenvalue weighted by atomic mass is 9.86. The van der Waals surface area contributed by atoms with Crippen molar-refractivity contribution in [2.75, 3.05) is 13.2 Å². The van der Waals surface area contributed by atoms with Crippen LogP contribution < -0.4 is 0 Å². The molecule has 0 unspecified atom stereocenters. The Hall–Kier alpha value is -1.76. The highest BCUT2D eigenvalue weighted by Crippen LogP contribution is 2.41. The van der Waals surface area contributed by atoms with Gasteiger partial charge in [-0.15, -0.1) is 0 Å². The minimum Gasteiger partial charge on any atom is -0.444 e. The first-order valence-electron chi connectivity index (χ1n) is 8.83. The molecule has 1 fully saturated rings. The minimum atomic E-state index is -4.41. The van der Waals surface area contributed by atoms with Gasteiger partial charge in [0.2, 0.25) is 0 Å². The van der Waals surface area contributed by atoms with E-state index in [0.29, 0.717) is 37.2 Å². The lowest BCUT2D eigenvalue weighted by Gasteiger charge is -2.26. The Morgan fingerprint density at radius 1 is 1.12 bits per heavy atom. The van der Waals surface area contributed by atoms with E-state index in [0.717, 1.165) is 5.56 Å². The van der Waals surface area contributed by atoms with Gasteiger partial charge in [0.05, 0.1) is 5.56 Å². The molecule has 26 heavy (non-hydrogen) atoms. The van der Waals surface area contributed by atoms with Gasteiger partial charge in [-0.3, -0.25) is 4.90 Å². The molecule has 0 atom stereocenters. The van der Waals surface area contributed by atoms with Crippen molar-refractivity contribution in [1.82, 2.24) is 4.90 Å². The maximum Gasteiger partial charge on any atom is 0.416 e. The van der Waals surface area contributed by atoms with Crippen LogP contribution >= 0.6 is 0 Å². The summed E-state index contributed by atoms with van der Waals surface area (Å²) in [5, 5.41) is 0. The number of amides is 1. The molecule has 0 bridgehead atoms. The number of rotatable bonds is 1. The molecule has 144 valence electrons. The lowest BCUT2D eigenvalue weighted by Crippen LogP contribution is -2.33. The third-order valence-electron chi connectivity index (χ3n) is 4.71. The maximum atomic E-state index is 13.6. The highest BCUT2D eigenvalue weighted by molar-refractivity contribution is 5.69. The Morgan fingerprint density at radius 2 is 1.69 bits per heavy atom. The second-order valence-electron chi connectivity index (χ2n) is 7.93. The predicted octanol–water partition coefficient (Wildman–Crippen LogP) is 4.85. The number of benzene rings is 1. The molecule has 0 saturated carbocycles. The van der Waals surface area contributed by atoms with Crippen LogP contribution in [-0.2, 0) is 28.7 Å². The average Bonchev–Trinajstić information content (AvgIpc) is 2.95. The van der Waals surface area contributed by atoms with Gasteiger partial charge in [-0.1, -0.05) is 6.07 Å². The van der Waals surface area contributed by atoms with Gasteiger partial charge in [0.1, 0.15) is 5.60 Å². The summed E-state index contributed by atoms with van der Waals surface area (Å²) in [6, 6.07) is 2.85. The van der Waals surface area contributed by atoms with Crippen molar-refractivity contribution in [3.05, 3.63) is 34.4 Å². The van der Waals surface area contributed by atoms with E-state index in [1.807, 2.05) is 0 Å². The molecule has 0 radical (unpaired) electrons. The van der Waals surface area contributed by atoms with Crippen LogP contribution in [0.25, 0.3) is 0 Å². The molecule has 4 nitrogen and oxygen atoms in total. The summed E-state index contributed by atoms with van der Waals surface area (Å²) < 4.78 is 51.5. The van der Waals surface area contributed by atoms with Crippen LogP contribution in [0.5, 0.6) is 0 Å². The molecule has 2 heterocycles. The molecule has 2 aliphatic heterocycles. The molecule has 1 aromatic carbocycles. The fourth-order valence-electron chi connectivity index (χ4n) is 3.52. The van der Waals surface area contributed by atoms with Crippen LogP contribution in [0.3, 0.4) is 0 Å². The zero-order valence-corrected chi connectivity index (χ0v) is 15.3. The predicted molar refractivity (Wildman–Crippen MR) is 89.7 cm³/mol. The second kappa shape index (κ2) is 6.76. The first-order valence-corrected chi connectivity index (χ1v) is 8.83. The minimum absolute atomic E-state index is 0.140. The summed E-state index contributed by atoms with van der Waals surface area (Å²) in [5.41, 5.74) is 0.403. The van der Waals surface area contributed by atoms with Crippen molar-refractivity contribution in [2.24, 2.45) is 0 Å². The summed E-state index contributed by atoms with van der Waals surface area (Å²) in [7, 11) is 0. The van der Waals surface area contributed by atoms with E-state index in [2.05, 4.69) is 0 Å². The first-order chi connectivity index (χ1) is 12.0. The number of halogens is 3. The summed E-state index contributed by atoms with van der Waals surface area (Å²) in [4.78, 5) is 13.7. The van der Waals surface area contributed by atoms with E-state index in [1.165, 1.54) is 11.0 Å². The zero-order valence-electron chi connectivity index (χ0n) is 15.3. The normalized spacial score (nSPS) is 18.8. The SMILES string of the molecule is CC(C)(C)OC(=O)N1Cc2cc(C3CCOCC3)c(C(F)(F)F)cc2C1. The van der Waals surface area contributed by atoms with Crippen LogP contribution in [-0.4, -0.2) is 29.8 Å². The topological polar surface area (TPSA) is 38.8 Å². The van der Waals surface area contributed by atoms with Gasteiger partial charge in [-0.2, -0.15) is 13.2 Å². The molecule has 7 heteroatoms. The first kappa shape index (κ1) is 19.0. The Morgan fingerprint density at radius 3 is 2.23 bits per heavy atom. The van der Waals surface area contributed by atoms with Crippen molar-refractivity contribution in [3.63, 3.8) is 0 Å². The van der Waals surface area contributed by atoms with Gasteiger partial charge in [0, 0.05) is 26.3 Å². The third kappa shape index (κ3) is 4.14. The molecular formula is C19H24F3NO3. The van der Waals surface area contributed by atoms with Crippen LogP contribution in [0.15, 0.2) is 12.1 Å². The number of fused-ring (bicyclic) bond motifs is 1. The Kier molecular flexibility index (Phi) is 4.94. The van der Waals surface area contributed by atoms with Crippen LogP contribution in [0.2, 0.25) is 0 Å². The van der Waals surface area contributed by atoms with Crippen molar-refractivity contribution in [2.45, 2.75) is 64.4 Å². The fourth-order valence-corrected chi connectivity index (χ4v) is 3.52. The number of carbonyl (C=O) groups is 1. The largest absolute Gasteiger partial charge is 0.444 e. The smallest absolute Gasteiger partial charge is 0.416 e. The summed E-state index contributed by atoms with van der Waals surface area (Å²) in [5.74, 6) is -0.166. The van der Waals surface area contributed by atoms with E-state index in [9.17, 15) is 18.0 Å². The van der Waals surface area contributed by atoms with Gasteiger partial charge in [-0.05, 0) is 62.3 Å². The standard InChI is InChI=1S/C19H24F3NO3/c1-18(2,3)26-17(24)23-10-13-8-15(12-4-6-25-7-5-12)16(19(20,21)22)9-14(13)11-23/h8-9,12H,4-7,10-11H2,1-3H3. The maximum absolute atomic E-state index is 13.6. The summed E-state index contributed by atoms with van der Waals surface area (Å²) in [6.45, 7) is 6.66. The average molecular weight is 371 g/mol. The number of alkyl halides is 3. The van der Waals surface area contributed by atoms with Gasteiger partial charge in [-0.25, -0.2) is 4.79 Å². The molecule has 1 aromatic rings. The van der Waals surface area contributed by atoms with Gasteiger partial charge < -0.3 is 9.47 Å². The number of ether oxygens (including phenoxy) is 2. The fraction of sp³-hybridized carbons (Fsp3) is 0.632. The van der Waals surface area contributed by atoms with E-state index in [1.54, 1.807) is 26.8 Å². The summed E-state index contributed by atoms with van der Waals surface area (Å²) >= 11 is 0. The highest BCUT2D eigenvalue weighted by atomic mass is 19.4. The van der Waals surface area contributed by atoms with Crippen LogP contribution in [0.4, 0.5) is 18.0 Å². The second-order valence-corrected chi connectivity index (χ2v) is 7.93. The number of nitrogens with zero attached hydrogens (tertiary/aromatic N) is 1. The van der Waals surface area contributed by atoms with Gasteiger partial charge in [0.15, 0.2) is 0 Å².